The van der Waals surface area contributed by atoms with Gasteiger partial charge in [0.05, 0.1) is 64.3 Å². The predicted octanol–water partition coefficient (Wildman–Crippen LogP) is -0.611. The highest BCUT2D eigenvalue weighted by atomic mass is 32.1. The average molecular weight is 417 g/mol. The highest BCUT2D eigenvalue weighted by molar-refractivity contribution is 7.09. The van der Waals surface area contributed by atoms with Crippen LogP contribution in [0.2, 0.25) is 0 Å². The van der Waals surface area contributed by atoms with Crippen molar-refractivity contribution in [2.24, 2.45) is 0 Å². The minimum absolute atomic E-state index is 0.327. The lowest BCUT2D eigenvalue weighted by Gasteiger charge is -2.35. The molecule has 2 aliphatic heterocycles. The minimum Gasteiger partial charge on any atom is -0.497 e. The van der Waals surface area contributed by atoms with E-state index in [0.717, 1.165) is 64.7 Å². The number of thiophene rings is 1. The van der Waals surface area contributed by atoms with Gasteiger partial charge in [0.1, 0.15) is 12.3 Å². The number of anilines is 1. The molecule has 7 heteroatoms. The Morgan fingerprint density at radius 3 is 2.31 bits per heavy atom. The van der Waals surface area contributed by atoms with E-state index >= 15 is 0 Å². The van der Waals surface area contributed by atoms with Gasteiger partial charge in [-0.3, -0.25) is 4.79 Å². The molecule has 0 unspecified atom stereocenters. The van der Waals surface area contributed by atoms with Crippen molar-refractivity contribution in [1.29, 1.82) is 0 Å². The summed E-state index contributed by atoms with van der Waals surface area (Å²) < 4.78 is 5.24. The summed E-state index contributed by atoms with van der Waals surface area (Å²) in [5.74, 6) is 1.22. The fourth-order valence-corrected chi connectivity index (χ4v) is 5.06. The van der Waals surface area contributed by atoms with Crippen LogP contribution in [0, 0.1) is 0 Å². The standard InChI is InChI=1S/C22H30N4O2S/c1-28-20-6-4-19(5-7-20)25-12-8-24(9-13-25)18-22(27)26-14-10-23(11-15-26)17-21-3-2-16-29-21/h2-7,16H,8-15,17-18H2,1H3/p+2. The quantitative estimate of drug-likeness (QED) is 0.660. The molecule has 0 bridgehead atoms. The number of quaternary nitrogens is 2. The second-order valence-electron chi connectivity index (χ2n) is 8.00. The lowest BCUT2D eigenvalue weighted by Crippen LogP contribution is -3.16. The summed E-state index contributed by atoms with van der Waals surface area (Å²) in [5, 5.41) is 2.14. The van der Waals surface area contributed by atoms with E-state index < -0.39 is 0 Å². The van der Waals surface area contributed by atoms with E-state index in [1.54, 1.807) is 12.0 Å². The molecule has 0 saturated carbocycles. The first-order valence-electron chi connectivity index (χ1n) is 10.6. The van der Waals surface area contributed by atoms with Crippen LogP contribution in [0.5, 0.6) is 5.75 Å². The normalized spacial score (nSPS) is 18.8. The van der Waals surface area contributed by atoms with E-state index in [4.69, 9.17) is 4.74 Å². The molecule has 0 spiro atoms. The van der Waals surface area contributed by atoms with E-state index in [1.165, 1.54) is 15.5 Å². The molecule has 0 atom stereocenters. The second kappa shape index (κ2) is 9.61. The number of amides is 1. The van der Waals surface area contributed by atoms with Crippen LogP contribution < -0.4 is 19.4 Å². The first kappa shape index (κ1) is 20.2. The Bertz CT molecular complexity index is 765. The molecular formula is C22H32N4O2S+2. The molecule has 4 rings (SSSR count). The van der Waals surface area contributed by atoms with Gasteiger partial charge in [0.25, 0.3) is 5.91 Å². The zero-order valence-electron chi connectivity index (χ0n) is 17.2. The fourth-order valence-electron chi connectivity index (χ4n) is 4.29. The molecule has 1 amide bonds. The number of ether oxygens (including phenoxy) is 1. The van der Waals surface area contributed by atoms with E-state index in [9.17, 15) is 4.79 Å². The Balaban J connectivity index is 1.19. The van der Waals surface area contributed by atoms with E-state index in [2.05, 4.69) is 39.4 Å². The van der Waals surface area contributed by atoms with Gasteiger partial charge in [-0.05, 0) is 35.7 Å². The molecule has 1 aromatic heterocycles. The van der Waals surface area contributed by atoms with Gasteiger partial charge < -0.3 is 24.3 Å². The molecule has 2 fully saturated rings. The van der Waals surface area contributed by atoms with Crippen LogP contribution in [0.1, 0.15) is 4.88 Å². The van der Waals surface area contributed by atoms with Crippen molar-refractivity contribution in [2.75, 3.05) is 70.9 Å². The molecule has 1 aromatic carbocycles. The van der Waals surface area contributed by atoms with E-state index in [1.807, 2.05) is 23.5 Å². The molecule has 0 radical (unpaired) electrons. The smallest absolute Gasteiger partial charge is 0.278 e. The van der Waals surface area contributed by atoms with Crippen molar-refractivity contribution in [3.05, 3.63) is 46.7 Å². The van der Waals surface area contributed by atoms with Gasteiger partial charge in [-0.1, -0.05) is 6.07 Å². The van der Waals surface area contributed by atoms with Crippen molar-refractivity contribution >= 4 is 22.9 Å². The molecule has 2 aromatic rings. The van der Waals surface area contributed by atoms with Gasteiger partial charge in [-0.15, -0.1) is 11.3 Å². The Hall–Kier alpha value is -2.09. The number of carbonyl (C=O) groups is 1. The number of methoxy groups -OCH3 is 1. The number of nitrogens with one attached hydrogen (secondary N) is 2. The molecule has 3 heterocycles. The Morgan fingerprint density at radius 2 is 1.69 bits per heavy atom. The van der Waals surface area contributed by atoms with Crippen molar-refractivity contribution in [3.8, 4) is 5.75 Å². The molecule has 2 aliphatic rings. The summed E-state index contributed by atoms with van der Waals surface area (Å²) in [6.45, 7) is 9.66. The van der Waals surface area contributed by atoms with Gasteiger partial charge in [-0.25, -0.2) is 0 Å². The van der Waals surface area contributed by atoms with Crippen LogP contribution in [0.15, 0.2) is 41.8 Å². The van der Waals surface area contributed by atoms with Crippen LogP contribution in [0.3, 0.4) is 0 Å². The first-order chi connectivity index (χ1) is 14.2. The number of rotatable bonds is 6. The first-order valence-corrected chi connectivity index (χ1v) is 11.5. The lowest BCUT2D eigenvalue weighted by atomic mass is 10.2. The maximum Gasteiger partial charge on any atom is 0.278 e. The monoisotopic (exact) mass is 416 g/mol. The Kier molecular flexibility index (Phi) is 6.69. The summed E-state index contributed by atoms with van der Waals surface area (Å²) in [6, 6.07) is 12.6. The fraction of sp³-hybridized carbons (Fsp3) is 0.500. The van der Waals surface area contributed by atoms with E-state index in [-0.39, 0.29) is 0 Å². The zero-order chi connectivity index (χ0) is 20.1. The maximum absolute atomic E-state index is 12.8. The topological polar surface area (TPSA) is 41.7 Å². The summed E-state index contributed by atoms with van der Waals surface area (Å²) in [5.41, 5.74) is 1.24. The SMILES string of the molecule is COc1ccc(N2CC[NH+](CC(=O)N3CC[NH+](Cc4cccs4)CC3)CC2)cc1. The van der Waals surface area contributed by atoms with Crippen molar-refractivity contribution < 1.29 is 19.3 Å². The number of piperazine rings is 2. The third-order valence-electron chi connectivity index (χ3n) is 6.14. The zero-order valence-corrected chi connectivity index (χ0v) is 18.0. The summed E-state index contributed by atoms with van der Waals surface area (Å²) in [7, 11) is 1.69. The third kappa shape index (κ3) is 5.29. The molecule has 6 nitrogen and oxygen atoms in total. The Morgan fingerprint density at radius 1 is 1.00 bits per heavy atom. The average Bonchev–Trinajstić information content (AvgIpc) is 3.28. The highest BCUT2D eigenvalue weighted by Crippen LogP contribution is 2.18. The summed E-state index contributed by atoms with van der Waals surface area (Å²) in [6.07, 6.45) is 0. The molecule has 2 saturated heterocycles. The van der Waals surface area contributed by atoms with Crippen molar-refractivity contribution in [2.45, 2.75) is 6.54 Å². The van der Waals surface area contributed by atoms with Gasteiger partial charge in [-0.2, -0.15) is 0 Å². The van der Waals surface area contributed by atoms with Crippen LogP contribution in [-0.2, 0) is 11.3 Å². The summed E-state index contributed by atoms with van der Waals surface area (Å²) >= 11 is 1.83. The van der Waals surface area contributed by atoms with Gasteiger partial charge in [0.2, 0.25) is 0 Å². The van der Waals surface area contributed by atoms with Crippen molar-refractivity contribution in [3.63, 3.8) is 0 Å². The molecule has 156 valence electrons. The predicted molar refractivity (Wildman–Crippen MR) is 116 cm³/mol. The van der Waals surface area contributed by atoms with Crippen LogP contribution >= 0.6 is 11.3 Å². The molecule has 29 heavy (non-hydrogen) atoms. The molecule has 0 aliphatic carbocycles. The highest BCUT2D eigenvalue weighted by Gasteiger charge is 2.28. The number of nitrogens with zero attached hydrogens (tertiary/aromatic N) is 2. The molecule has 2 N–H and O–H groups in total. The van der Waals surface area contributed by atoms with Gasteiger partial charge >= 0.3 is 0 Å². The van der Waals surface area contributed by atoms with Crippen LogP contribution in [0.4, 0.5) is 5.69 Å². The van der Waals surface area contributed by atoms with Gasteiger partial charge in [0, 0.05) is 5.69 Å². The van der Waals surface area contributed by atoms with Crippen molar-refractivity contribution in [1.82, 2.24) is 4.90 Å². The maximum atomic E-state index is 12.8. The number of benzene rings is 1. The van der Waals surface area contributed by atoms with Gasteiger partial charge in [0.15, 0.2) is 6.54 Å². The van der Waals surface area contributed by atoms with Crippen LogP contribution in [-0.4, -0.2) is 76.8 Å². The molecular weight excluding hydrogens is 384 g/mol. The number of hydrogen-bond acceptors (Lipinski definition) is 4. The minimum atomic E-state index is 0.327. The number of carbonyl (C=O) groups excluding carboxylic acids is 1. The van der Waals surface area contributed by atoms with E-state index in [0.29, 0.717) is 12.5 Å². The second-order valence-corrected chi connectivity index (χ2v) is 9.03. The largest absolute Gasteiger partial charge is 0.497 e. The lowest BCUT2D eigenvalue weighted by molar-refractivity contribution is -0.917. The third-order valence-corrected chi connectivity index (χ3v) is 7.01. The number of hydrogen-bond donors (Lipinski definition) is 2. The van der Waals surface area contributed by atoms with Crippen LogP contribution in [0.25, 0.3) is 0 Å². The Labute approximate surface area is 177 Å². The summed E-state index contributed by atoms with van der Waals surface area (Å²) in [4.78, 5) is 21.7.